The van der Waals surface area contributed by atoms with Gasteiger partial charge in [-0.2, -0.15) is 10.1 Å². The number of carbonyl (C=O) groups is 1. The predicted octanol–water partition coefficient (Wildman–Crippen LogP) is 5.67. The summed E-state index contributed by atoms with van der Waals surface area (Å²) in [7, 11) is 0. The molecule has 9 nitrogen and oxygen atoms in total. The Labute approximate surface area is 218 Å². The maximum absolute atomic E-state index is 13.4. The summed E-state index contributed by atoms with van der Waals surface area (Å²) in [5.41, 5.74) is 1.90. The highest BCUT2D eigenvalue weighted by Gasteiger charge is 2.28. The summed E-state index contributed by atoms with van der Waals surface area (Å²) in [5.74, 6) is 0.285. The Balaban J connectivity index is 1.42. The van der Waals surface area contributed by atoms with Crippen molar-refractivity contribution in [2.24, 2.45) is 0 Å². The summed E-state index contributed by atoms with van der Waals surface area (Å²) in [6, 6.07) is 8.72. The number of aromatic nitrogens is 4. The van der Waals surface area contributed by atoms with Crippen LogP contribution in [0.3, 0.4) is 0 Å². The van der Waals surface area contributed by atoms with Gasteiger partial charge in [-0.3, -0.25) is 0 Å². The van der Waals surface area contributed by atoms with Crippen LogP contribution in [0.15, 0.2) is 36.7 Å². The third-order valence-electron chi connectivity index (χ3n) is 7.03. The lowest BCUT2D eigenvalue weighted by atomic mass is 9.96. The minimum atomic E-state index is -0.656. The van der Waals surface area contributed by atoms with Gasteiger partial charge in [0.05, 0.1) is 23.3 Å². The van der Waals surface area contributed by atoms with E-state index in [2.05, 4.69) is 15.4 Å². The Bertz CT molecular complexity index is 1190. The van der Waals surface area contributed by atoms with Gasteiger partial charge in [0.2, 0.25) is 5.95 Å². The zero-order valence-electron chi connectivity index (χ0n) is 22.2. The fourth-order valence-electron chi connectivity index (χ4n) is 5.06. The van der Waals surface area contributed by atoms with Gasteiger partial charge in [-0.1, -0.05) is 31.4 Å². The largest absolute Gasteiger partial charge is 0.443 e. The number of fused-ring (bicyclic) bond motifs is 1. The SMILES string of the molecule is CC(C)(C)OC(=O)N(c1ccc(CNC2CCOCC2)cc1)c1ncc2cnn(C3CCCCC3)c2n1. The van der Waals surface area contributed by atoms with Crippen LogP contribution in [0.5, 0.6) is 0 Å². The number of ether oxygens (including phenoxy) is 2. The number of hydrogen-bond donors (Lipinski definition) is 1. The number of benzene rings is 1. The van der Waals surface area contributed by atoms with Gasteiger partial charge >= 0.3 is 6.09 Å². The number of rotatable bonds is 6. The van der Waals surface area contributed by atoms with Gasteiger partial charge in [0.15, 0.2) is 5.65 Å². The van der Waals surface area contributed by atoms with E-state index in [1.165, 1.54) is 24.2 Å². The van der Waals surface area contributed by atoms with Crippen LogP contribution in [0.2, 0.25) is 0 Å². The number of nitrogens with zero attached hydrogens (tertiary/aromatic N) is 5. The molecule has 1 aromatic carbocycles. The Morgan fingerprint density at radius 1 is 1.08 bits per heavy atom. The fourth-order valence-corrected chi connectivity index (χ4v) is 5.06. The summed E-state index contributed by atoms with van der Waals surface area (Å²) in [5, 5.41) is 9.11. The third kappa shape index (κ3) is 6.27. The molecule has 2 fully saturated rings. The number of amides is 1. The molecule has 2 aliphatic rings. The van der Waals surface area contributed by atoms with E-state index in [1.54, 1.807) is 6.20 Å². The lowest BCUT2D eigenvalue weighted by molar-refractivity contribution is 0.0597. The van der Waals surface area contributed by atoms with Crippen LogP contribution in [0.1, 0.15) is 77.3 Å². The number of carbonyl (C=O) groups excluding carboxylic acids is 1. The maximum atomic E-state index is 13.4. The second-order valence-electron chi connectivity index (χ2n) is 11.1. The van der Waals surface area contributed by atoms with E-state index in [0.29, 0.717) is 17.8 Å². The molecule has 37 heavy (non-hydrogen) atoms. The van der Waals surface area contributed by atoms with E-state index in [4.69, 9.17) is 14.5 Å². The highest BCUT2D eigenvalue weighted by molar-refractivity contribution is 5.95. The van der Waals surface area contributed by atoms with E-state index in [0.717, 1.165) is 62.0 Å². The molecular weight excluding hydrogens is 468 g/mol. The van der Waals surface area contributed by atoms with Crippen molar-refractivity contribution < 1.29 is 14.3 Å². The molecule has 2 aromatic heterocycles. The minimum Gasteiger partial charge on any atom is -0.443 e. The Morgan fingerprint density at radius 3 is 2.51 bits per heavy atom. The van der Waals surface area contributed by atoms with Crippen molar-refractivity contribution in [3.63, 3.8) is 0 Å². The van der Waals surface area contributed by atoms with Crippen LogP contribution in [-0.4, -0.2) is 50.7 Å². The van der Waals surface area contributed by atoms with Crippen molar-refractivity contribution >= 4 is 28.8 Å². The molecule has 1 saturated carbocycles. The standard InChI is InChI=1S/C28H38N6O3/c1-28(2,3)37-27(35)33(23-11-9-20(10-12-23)17-29-22-13-15-36-16-14-22)26-30-18-21-19-31-34(25(21)32-26)24-7-5-4-6-8-24/h9-12,18-19,22,24,29H,4-8,13-17H2,1-3H3. The van der Waals surface area contributed by atoms with E-state index in [-0.39, 0.29) is 5.95 Å². The van der Waals surface area contributed by atoms with Gasteiger partial charge in [0.25, 0.3) is 0 Å². The summed E-state index contributed by atoms with van der Waals surface area (Å²) in [6.07, 6.45) is 11.0. The molecule has 0 bridgehead atoms. The molecule has 0 atom stereocenters. The molecule has 1 amide bonds. The molecule has 9 heteroatoms. The monoisotopic (exact) mass is 506 g/mol. The van der Waals surface area contributed by atoms with Crippen LogP contribution < -0.4 is 10.2 Å². The topological polar surface area (TPSA) is 94.4 Å². The van der Waals surface area contributed by atoms with Gasteiger partial charge in [-0.15, -0.1) is 0 Å². The maximum Gasteiger partial charge on any atom is 0.421 e. The van der Waals surface area contributed by atoms with Gasteiger partial charge in [-0.25, -0.2) is 19.4 Å². The molecule has 0 spiro atoms. The quantitative estimate of drug-likeness (QED) is 0.460. The number of nitrogens with one attached hydrogen (secondary N) is 1. The van der Waals surface area contributed by atoms with Crippen LogP contribution in [0, 0.1) is 0 Å². The second-order valence-corrected chi connectivity index (χ2v) is 11.1. The first-order chi connectivity index (χ1) is 17.9. The van der Waals surface area contributed by atoms with E-state index in [9.17, 15) is 4.79 Å². The highest BCUT2D eigenvalue weighted by Crippen LogP contribution is 2.31. The van der Waals surface area contributed by atoms with Gasteiger partial charge in [0.1, 0.15) is 5.60 Å². The molecule has 3 heterocycles. The average molecular weight is 507 g/mol. The molecule has 198 valence electrons. The average Bonchev–Trinajstić information content (AvgIpc) is 3.32. The summed E-state index contributed by atoms with van der Waals surface area (Å²) < 4.78 is 13.2. The van der Waals surface area contributed by atoms with Crippen molar-refractivity contribution in [2.75, 3.05) is 18.1 Å². The van der Waals surface area contributed by atoms with E-state index in [1.807, 2.05) is 55.9 Å². The van der Waals surface area contributed by atoms with Crippen LogP contribution in [0.4, 0.5) is 16.4 Å². The lowest BCUT2D eigenvalue weighted by Gasteiger charge is -2.27. The highest BCUT2D eigenvalue weighted by atomic mass is 16.6. The lowest BCUT2D eigenvalue weighted by Crippen LogP contribution is -2.35. The van der Waals surface area contributed by atoms with Crippen molar-refractivity contribution in [3.8, 4) is 0 Å². The van der Waals surface area contributed by atoms with E-state index >= 15 is 0 Å². The smallest absolute Gasteiger partial charge is 0.421 e. The summed E-state index contributed by atoms with van der Waals surface area (Å²) in [6.45, 7) is 7.96. The van der Waals surface area contributed by atoms with Crippen molar-refractivity contribution in [3.05, 3.63) is 42.2 Å². The zero-order chi connectivity index (χ0) is 25.8. The Morgan fingerprint density at radius 2 is 1.81 bits per heavy atom. The van der Waals surface area contributed by atoms with Crippen LogP contribution in [0.25, 0.3) is 11.0 Å². The molecule has 1 N–H and O–H groups in total. The fraction of sp³-hybridized carbons (Fsp3) is 0.571. The normalized spacial score (nSPS) is 17.7. The van der Waals surface area contributed by atoms with Crippen LogP contribution >= 0.6 is 0 Å². The molecule has 1 saturated heterocycles. The number of anilines is 2. The van der Waals surface area contributed by atoms with Crippen molar-refractivity contribution in [1.82, 2.24) is 25.1 Å². The predicted molar refractivity (Wildman–Crippen MR) is 143 cm³/mol. The first-order valence-corrected chi connectivity index (χ1v) is 13.5. The summed E-state index contributed by atoms with van der Waals surface area (Å²) >= 11 is 0. The van der Waals surface area contributed by atoms with Crippen LogP contribution in [-0.2, 0) is 16.0 Å². The molecule has 1 aliphatic heterocycles. The van der Waals surface area contributed by atoms with Gasteiger partial charge in [-0.05, 0) is 64.2 Å². The van der Waals surface area contributed by atoms with Crippen molar-refractivity contribution in [1.29, 1.82) is 0 Å². The third-order valence-corrected chi connectivity index (χ3v) is 7.03. The first kappa shape index (κ1) is 25.6. The minimum absolute atomic E-state index is 0.285. The molecular formula is C28H38N6O3. The molecule has 5 rings (SSSR count). The molecule has 1 aliphatic carbocycles. The number of hydrogen-bond acceptors (Lipinski definition) is 7. The first-order valence-electron chi connectivity index (χ1n) is 13.5. The molecule has 0 radical (unpaired) electrons. The zero-order valence-corrected chi connectivity index (χ0v) is 22.2. The van der Waals surface area contributed by atoms with Crippen molar-refractivity contribution in [2.45, 2.75) is 89.9 Å². The molecule has 0 unspecified atom stereocenters. The van der Waals surface area contributed by atoms with Gasteiger partial charge < -0.3 is 14.8 Å². The van der Waals surface area contributed by atoms with Gasteiger partial charge in [0, 0.05) is 32.0 Å². The molecule has 3 aromatic rings. The Kier molecular flexibility index (Phi) is 7.71. The van der Waals surface area contributed by atoms with E-state index < -0.39 is 11.7 Å². The Hall–Kier alpha value is -3.04. The summed E-state index contributed by atoms with van der Waals surface area (Å²) in [4.78, 5) is 24.3. The second kappa shape index (κ2) is 11.1.